The van der Waals surface area contributed by atoms with Gasteiger partial charge in [0.05, 0.1) is 19.8 Å². The molecule has 0 bridgehead atoms. The van der Waals surface area contributed by atoms with Gasteiger partial charge in [0.1, 0.15) is 0 Å². The predicted octanol–water partition coefficient (Wildman–Crippen LogP) is 2.65. The van der Waals surface area contributed by atoms with E-state index in [0.29, 0.717) is 30.6 Å². The number of rotatable bonds is 9. The first-order valence-corrected chi connectivity index (χ1v) is 8.84. The van der Waals surface area contributed by atoms with E-state index < -0.39 is 5.82 Å². The van der Waals surface area contributed by atoms with Crippen LogP contribution in [-0.4, -0.2) is 50.6 Å². The minimum Gasteiger partial charge on any atom is -0.505 e. The van der Waals surface area contributed by atoms with Gasteiger partial charge in [-0.25, -0.2) is 9.38 Å². The zero-order valence-corrected chi connectivity index (χ0v) is 17.5. The van der Waals surface area contributed by atoms with Crippen molar-refractivity contribution in [1.82, 2.24) is 10.6 Å². The quantitative estimate of drug-likeness (QED) is 0.219. The zero-order chi connectivity index (χ0) is 17.9. The highest BCUT2D eigenvalue weighted by molar-refractivity contribution is 14.0. The van der Waals surface area contributed by atoms with Crippen LogP contribution in [0.2, 0.25) is 0 Å². The molecule has 1 aromatic rings. The Morgan fingerprint density at radius 2 is 2.27 bits per heavy atom. The van der Waals surface area contributed by atoms with Gasteiger partial charge < -0.3 is 25.2 Å². The number of ether oxygens (including phenoxy) is 2. The normalized spacial score (nSPS) is 17.0. The van der Waals surface area contributed by atoms with Crippen LogP contribution in [0.1, 0.15) is 25.3 Å². The average molecular weight is 481 g/mol. The van der Waals surface area contributed by atoms with E-state index in [1.54, 1.807) is 6.07 Å². The van der Waals surface area contributed by atoms with Gasteiger partial charge in [0.15, 0.2) is 17.5 Å². The highest BCUT2D eigenvalue weighted by Gasteiger charge is 2.15. The second-order valence-electron chi connectivity index (χ2n) is 6.07. The number of hydrogen-bond acceptors (Lipinski definition) is 4. The Labute approximate surface area is 171 Å². The molecule has 0 radical (unpaired) electrons. The minimum absolute atomic E-state index is 0. The number of phenols is 1. The molecule has 6 nitrogen and oxygen atoms in total. The number of nitrogens with zero attached hydrogens (tertiary/aromatic N) is 1. The Morgan fingerprint density at radius 3 is 2.96 bits per heavy atom. The molecule has 8 heteroatoms. The van der Waals surface area contributed by atoms with Crippen molar-refractivity contribution >= 4 is 29.9 Å². The molecule has 1 aliphatic heterocycles. The standard InChI is InChI=1S/C18H28FN3O3.HI/c1-2-20-18(22-11-14-4-5-17(23)16(19)10-14)21-7-3-8-24-12-15-6-9-25-13-15;/h4-5,10,15,23H,2-3,6-9,11-13H2,1H3,(H2,20,21,22);1H. The molecule has 26 heavy (non-hydrogen) atoms. The SMILES string of the molecule is CCNC(=NCc1ccc(O)c(F)c1)NCCCOCC1CCOC1.I. The molecule has 0 spiro atoms. The summed E-state index contributed by atoms with van der Waals surface area (Å²) in [5.41, 5.74) is 0.703. The molecular weight excluding hydrogens is 452 g/mol. The van der Waals surface area contributed by atoms with Gasteiger partial charge in [0.25, 0.3) is 0 Å². The summed E-state index contributed by atoms with van der Waals surface area (Å²) in [5, 5.41) is 15.6. The summed E-state index contributed by atoms with van der Waals surface area (Å²) < 4.78 is 24.3. The number of halogens is 2. The van der Waals surface area contributed by atoms with Crippen molar-refractivity contribution in [3.8, 4) is 5.75 Å². The lowest BCUT2D eigenvalue weighted by Crippen LogP contribution is -2.38. The maximum Gasteiger partial charge on any atom is 0.191 e. The number of nitrogens with one attached hydrogen (secondary N) is 2. The highest BCUT2D eigenvalue weighted by atomic mass is 127. The van der Waals surface area contributed by atoms with Gasteiger partial charge in [0, 0.05) is 32.2 Å². The van der Waals surface area contributed by atoms with Gasteiger partial charge in [-0.05, 0) is 37.5 Å². The molecule has 1 heterocycles. The first kappa shape index (κ1) is 22.9. The molecule has 148 valence electrons. The summed E-state index contributed by atoms with van der Waals surface area (Å²) in [7, 11) is 0. The van der Waals surface area contributed by atoms with Crippen LogP contribution in [-0.2, 0) is 16.0 Å². The van der Waals surface area contributed by atoms with Crippen LogP contribution in [0.4, 0.5) is 4.39 Å². The third-order valence-corrected chi connectivity index (χ3v) is 3.91. The van der Waals surface area contributed by atoms with Crippen molar-refractivity contribution in [2.24, 2.45) is 10.9 Å². The zero-order valence-electron chi connectivity index (χ0n) is 15.2. The minimum atomic E-state index is -0.629. The second kappa shape index (κ2) is 13.1. The van der Waals surface area contributed by atoms with Crippen LogP contribution in [0.25, 0.3) is 0 Å². The highest BCUT2D eigenvalue weighted by Crippen LogP contribution is 2.16. The first-order chi connectivity index (χ1) is 12.2. The fourth-order valence-corrected chi connectivity index (χ4v) is 2.51. The maximum absolute atomic E-state index is 13.3. The third-order valence-electron chi connectivity index (χ3n) is 3.91. The summed E-state index contributed by atoms with van der Waals surface area (Å²) in [6, 6.07) is 4.29. The van der Waals surface area contributed by atoms with E-state index >= 15 is 0 Å². The van der Waals surface area contributed by atoms with Gasteiger partial charge in [-0.2, -0.15) is 0 Å². The van der Waals surface area contributed by atoms with E-state index in [1.807, 2.05) is 6.92 Å². The summed E-state index contributed by atoms with van der Waals surface area (Å²) in [6.45, 7) is 6.95. The van der Waals surface area contributed by atoms with Crippen molar-refractivity contribution in [3.05, 3.63) is 29.6 Å². The fraction of sp³-hybridized carbons (Fsp3) is 0.611. The number of phenolic OH excluding ortho intramolecular Hbond substituents is 1. The number of guanidine groups is 1. The molecule has 1 aliphatic rings. The molecule has 1 fully saturated rings. The van der Waals surface area contributed by atoms with Crippen LogP contribution < -0.4 is 10.6 Å². The summed E-state index contributed by atoms with van der Waals surface area (Å²) in [5.74, 6) is 0.245. The Kier molecular flexibility index (Phi) is 11.5. The predicted molar refractivity (Wildman–Crippen MR) is 111 cm³/mol. The molecule has 1 aromatic carbocycles. The second-order valence-corrected chi connectivity index (χ2v) is 6.07. The monoisotopic (exact) mass is 481 g/mol. The van der Waals surface area contributed by atoms with Gasteiger partial charge >= 0.3 is 0 Å². The fourth-order valence-electron chi connectivity index (χ4n) is 2.51. The van der Waals surface area contributed by atoms with E-state index in [9.17, 15) is 9.50 Å². The van der Waals surface area contributed by atoms with Crippen molar-refractivity contribution < 1.29 is 19.0 Å². The number of aromatic hydroxyl groups is 1. The molecule has 3 N–H and O–H groups in total. The Bertz CT molecular complexity index is 554. The molecule has 0 aliphatic carbocycles. The lowest BCUT2D eigenvalue weighted by molar-refractivity contribution is 0.0888. The van der Waals surface area contributed by atoms with E-state index in [4.69, 9.17) is 9.47 Å². The van der Waals surface area contributed by atoms with Gasteiger partial charge in [-0.15, -0.1) is 24.0 Å². The molecule has 1 saturated heterocycles. The van der Waals surface area contributed by atoms with E-state index in [-0.39, 0.29) is 29.7 Å². The molecule has 1 atom stereocenters. The Balaban J connectivity index is 0.00000338. The number of benzene rings is 1. The molecular formula is C18H29FIN3O3. The Hall–Kier alpha value is -1.13. The van der Waals surface area contributed by atoms with Crippen molar-refractivity contribution in [2.45, 2.75) is 26.3 Å². The third kappa shape index (κ3) is 8.50. The van der Waals surface area contributed by atoms with Crippen LogP contribution >= 0.6 is 24.0 Å². The maximum atomic E-state index is 13.3. The molecule has 0 saturated carbocycles. The lowest BCUT2D eigenvalue weighted by atomic mass is 10.1. The summed E-state index contributed by atoms with van der Waals surface area (Å²) >= 11 is 0. The van der Waals surface area contributed by atoms with Crippen LogP contribution in [0, 0.1) is 11.7 Å². The topological polar surface area (TPSA) is 75.1 Å². The van der Waals surface area contributed by atoms with E-state index in [0.717, 1.165) is 45.8 Å². The molecule has 1 unspecified atom stereocenters. The van der Waals surface area contributed by atoms with Crippen LogP contribution in [0.5, 0.6) is 5.75 Å². The van der Waals surface area contributed by atoms with Crippen molar-refractivity contribution in [3.63, 3.8) is 0 Å². The lowest BCUT2D eigenvalue weighted by Gasteiger charge is -2.12. The van der Waals surface area contributed by atoms with Crippen molar-refractivity contribution in [1.29, 1.82) is 0 Å². The van der Waals surface area contributed by atoms with E-state index in [1.165, 1.54) is 12.1 Å². The van der Waals surface area contributed by atoms with Crippen molar-refractivity contribution in [2.75, 3.05) is 39.5 Å². The van der Waals surface area contributed by atoms with Gasteiger partial charge in [0.2, 0.25) is 0 Å². The first-order valence-electron chi connectivity index (χ1n) is 8.84. The molecule has 0 aromatic heterocycles. The van der Waals surface area contributed by atoms with Crippen LogP contribution in [0.3, 0.4) is 0 Å². The average Bonchev–Trinajstić information content (AvgIpc) is 3.12. The van der Waals surface area contributed by atoms with E-state index in [2.05, 4.69) is 15.6 Å². The molecule has 2 rings (SSSR count). The number of hydrogen-bond donors (Lipinski definition) is 3. The van der Waals surface area contributed by atoms with Gasteiger partial charge in [-0.1, -0.05) is 6.07 Å². The summed E-state index contributed by atoms with van der Waals surface area (Å²) in [6.07, 6.45) is 1.97. The number of aliphatic imine (C=N–C) groups is 1. The summed E-state index contributed by atoms with van der Waals surface area (Å²) in [4.78, 5) is 4.42. The van der Waals surface area contributed by atoms with Crippen LogP contribution in [0.15, 0.2) is 23.2 Å². The largest absolute Gasteiger partial charge is 0.505 e. The Morgan fingerprint density at radius 1 is 1.42 bits per heavy atom. The smallest absolute Gasteiger partial charge is 0.191 e. The molecule has 0 amide bonds. The van der Waals surface area contributed by atoms with Gasteiger partial charge in [-0.3, -0.25) is 0 Å².